The minimum Gasteiger partial charge on any atom is -0.374 e. The highest BCUT2D eigenvalue weighted by atomic mass is 16.5. The molecule has 0 rings (SSSR count). The van der Waals surface area contributed by atoms with E-state index >= 15 is 0 Å². The fraction of sp³-hybridized carbons (Fsp3) is 0.833. The smallest absolute Gasteiger partial charge is 0.0845 e. The lowest BCUT2D eigenvalue weighted by atomic mass is 9.85. The van der Waals surface area contributed by atoms with Gasteiger partial charge in [-0.05, 0) is 33.1 Å². The summed E-state index contributed by atoms with van der Waals surface area (Å²) in [6.45, 7) is 13.0. The molecule has 3 nitrogen and oxygen atoms in total. The van der Waals surface area contributed by atoms with E-state index < -0.39 is 0 Å². The molecule has 90 valence electrons. The Morgan fingerprint density at radius 1 is 1.40 bits per heavy atom. The highest BCUT2D eigenvalue weighted by molar-refractivity contribution is 5.00. The van der Waals surface area contributed by atoms with Crippen LogP contribution in [0.4, 0.5) is 0 Å². The number of nitrogens with one attached hydrogen (secondary N) is 1. The van der Waals surface area contributed by atoms with Crippen molar-refractivity contribution in [1.29, 1.82) is 0 Å². The molecule has 0 radical (unpaired) electrons. The van der Waals surface area contributed by atoms with Gasteiger partial charge in [-0.2, -0.15) is 0 Å². The van der Waals surface area contributed by atoms with Gasteiger partial charge >= 0.3 is 0 Å². The molecule has 0 aromatic carbocycles. The lowest BCUT2D eigenvalue weighted by Crippen LogP contribution is -2.54. The number of ether oxygens (including phenoxy) is 1. The van der Waals surface area contributed by atoms with E-state index in [1.807, 2.05) is 13.8 Å². The molecule has 0 amide bonds. The van der Waals surface area contributed by atoms with Gasteiger partial charge in [0.05, 0.1) is 11.6 Å². The molecule has 0 aliphatic rings. The molecule has 0 aromatic rings. The van der Waals surface area contributed by atoms with Gasteiger partial charge < -0.3 is 4.74 Å². The van der Waals surface area contributed by atoms with Gasteiger partial charge in [-0.15, -0.1) is 6.58 Å². The summed E-state index contributed by atoms with van der Waals surface area (Å²) in [5.74, 6) is 5.62. The molecule has 0 heterocycles. The Balaban J connectivity index is 4.73. The lowest BCUT2D eigenvalue weighted by molar-refractivity contribution is -0.0719. The molecule has 0 aromatic heterocycles. The average Bonchev–Trinajstić information content (AvgIpc) is 2.23. The topological polar surface area (TPSA) is 47.3 Å². The van der Waals surface area contributed by atoms with Crippen molar-refractivity contribution in [2.75, 3.05) is 6.61 Å². The number of hydrogen-bond acceptors (Lipinski definition) is 3. The third-order valence-electron chi connectivity index (χ3n) is 3.02. The minimum absolute atomic E-state index is 0.143. The molecule has 0 spiro atoms. The van der Waals surface area contributed by atoms with Crippen LogP contribution >= 0.6 is 0 Å². The second-order valence-electron chi connectivity index (χ2n) is 4.09. The molecule has 0 fully saturated rings. The predicted molar refractivity (Wildman–Crippen MR) is 65.5 cm³/mol. The SMILES string of the molecule is C=C(C)CC(NN)C(CC)(CC)OCC. The molecule has 0 saturated carbocycles. The van der Waals surface area contributed by atoms with Crippen molar-refractivity contribution in [1.82, 2.24) is 5.43 Å². The van der Waals surface area contributed by atoms with Crippen LogP contribution in [0.3, 0.4) is 0 Å². The summed E-state index contributed by atoms with van der Waals surface area (Å²) < 4.78 is 5.90. The highest BCUT2D eigenvalue weighted by Gasteiger charge is 2.35. The minimum atomic E-state index is -0.164. The number of nitrogens with two attached hydrogens (primary N) is 1. The molecule has 15 heavy (non-hydrogen) atoms. The van der Waals surface area contributed by atoms with E-state index in [1.54, 1.807) is 0 Å². The normalized spacial score (nSPS) is 13.9. The first kappa shape index (κ1) is 14.6. The van der Waals surface area contributed by atoms with Gasteiger partial charge in [0.2, 0.25) is 0 Å². The summed E-state index contributed by atoms with van der Waals surface area (Å²) in [6, 6.07) is 0.143. The first-order valence-corrected chi connectivity index (χ1v) is 5.80. The predicted octanol–water partition coefficient (Wildman–Crippen LogP) is 2.38. The van der Waals surface area contributed by atoms with E-state index in [0.29, 0.717) is 0 Å². The molecule has 3 N–H and O–H groups in total. The van der Waals surface area contributed by atoms with Crippen molar-refractivity contribution in [3.8, 4) is 0 Å². The van der Waals surface area contributed by atoms with Crippen molar-refractivity contribution >= 4 is 0 Å². The standard InChI is InChI=1S/C12H26N2O/c1-6-12(7-2,15-8-3)11(14-13)9-10(4)5/h11,14H,4,6-9,13H2,1-3,5H3. The maximum absolute atomic E-state index is 5.90. The Labute approximate surface area is 94.0 Å². The maximum atomic E-state index is 5.90. The first-order valence-electron chi connectivity index (χ1n) is 5.80. The van der Waals surface area contributed by atoms with E-state index in [-0.39, 0.29) is 11.6 Å². The summed E-state index contributed by atoms with van der Waals surface area (Å²) in [5, 5.41) is 0. The van der Waals surface area contributed by atoms with Gasteiger partial charge in [0.1, 0.15) is 0 Å². The molecular weight excluding hydrogens is 188 g/mol. The summed E-state index contributed by atoms with van der Waals surface area (Å²) in [5.41, 5.74) is 3.84. The zero-order chi connectivity index (χ0) is 11.9. The van der Waals surface area contributed by atoms with Gasteiger partial charge in [-0.3, -0.25) is 11.3 Å². The Morgan fingerprint density at radius 3 is 2.20 bits per heavy atom. The van der Waals surface area contributed by atoms with Crippen molar-refractivity contribution in [3.63, 3.8) is 0 Å². The highest BCUT2D eigenvalue weighted by Crippen LogP contribution is 2.28. The van der Waals surface area contributed by atoms with Crippen LogP contribution in [0.25, 0.3) is 0 Å². The van der Waals surface area contributed by atoms with Crippen molar-refractivity contribution in [3.05, 3.63) is 12.2 Å². The largest absolute Gasteiger partial charge is 0.374 e. The van der Waals surface area contributed by atoms with Crippen LogP contribution in [0.5, 0.6) is 0 Å². The van der Waals surface area contributed by atoms with Gasteiger partial charge in [0.15, 0.2) is 0 Å². The molecular formula is C12H26N2O. The molecule has 3 heteroatoms. The van der Waals surface area contributed by atoms with Gasteiger partial charge in [-0.1, -0.05) is 19.4 Å². The van der Waals surface area contributed by atoms with Crippen molar-refractivity contribution < 1.29 is 4.74 Å². The molecule has 1 unspecified atom stereocenters. The van der Waals surface area contributed by atoms with Crippen LogP contribution in [-0.2, 0) is 4.74 Å². The van der Waals surface area contributed by atoms with Crippen molar-refractivity contribution in [2.24, 2.45) is 5.84 Å². The van der Waals surface area contributed by atoms with E-state index in [0.717, 1.165) is 31.4 Å². The third kappa shape index (κ3) is 3.93. The van der Waals surface area contributed by atoms with E-state index in [1.165, 1.54) is 0 Å². The monoisotopic (exact) mass is 214 g/mol. The van der Waals surface area contributed by atoms with Gasteiger partial charge in [-0.25, -0.2) is 0 Å². The quantitative estimate of drug-likeness (QED) is 0.370. The second-order valence-corrected chi connectivity index (χ2v) is 4.09. The van der Waals surface area contributed by atoms with Crippen LogP contribution in [-0.4, -0.2) is 18.2 Å². The fourth-order valence-corrected chi connectivity index (χ4v) is 2.08. The third-order valence-corrected chi connectivity index (χ3v) is 3.02. The zero-order valence-electron chi connectivity index (χ0n) is 10.6. The zero-order valence-corrected chi connectivity index (χ0v) is 10.6. The molecule has 0 aliphatic heterocycles. The summed E-state index contributed by atoms with van der Waals surface area (Å²) >= 11 is 0. The second kappa shape index (κ2) is 6.99. The number of hydrazine groups is 1. The number of rotatable bonds is 8. The number of hydrogen-bond donors (Lipinski definition) is 2. The molecule has 0 aliphatic carbocycles. The first-order chi connectivity index (χ1) is 7.06. The average molecular weight is 214 g/mol. The van der Waals surface area contributed by atoms with Crippen LogP contribution in [0.1, 0.15) is 47.0 Å². The molecule has 0 saturated heterocycles. The molecule has 1 atom stereocenters. The van der Waals surface area contributed by atoms with Crippen LogP contribution < -0.4 is 11.3 Å². The van der Waals surface area contributed by atoms with Crippen LogP contribution in [0.15, 0.2) is 12.2 Å². The van der Waals surface area contributed by atoms with Crippen molar-refractivity contribution in [2.45, 2.75) is 58.6 Å². The Morgan fingerprint density at radius 2 is 1.93 bits per heavy atom. The van der Waals surface area contributed by atoms with Gasteiger partial charge in [0, 0.05) is 6.61 Å². The maximum Gasteiger partial charge on any atom is 0.0845 e. The summed E-state index contributed by atoms with van der Waals surface area (Å²) in [7, 11) is 0. The molecule has 0 bridgehead atoms. The van der Waals surface area contributed by atoms with Gasteiger partial charge in [0.25, 0.3) is 0 Å². The Bertz CT molecular complexity index is 188. The lowest BCUT2D eigenvalue weighted by Gasteiger charge is -2.39. The summed E-state index contributed by atoms with van der Waals surface area (Å²) in [6.07, 6.45) is 2.77. The summed E-state index contributed by atoms with van der Waals surface area (Å²) in [4.78, 5) is 0. The fourth-order valence-electron chi connectivity index (χ4n) is 2.08. The van der Waals surface area contributed by atoms with Crippen LogP contribution in [0, 0.1) is 0 Å². The van der Waals surface area contributed by atoms with Crippen LogP contribution in [0.2, 0.25) is 0 Å². The Hall–Kier alpha value is -0.380. The van der Waals surface area contributed by atoms with E-state index in [4.69, 9.17) is 10.6 Å². The van der Waals surface area contributed by atoms with E-state index in [9.17, 15) is 0 Å². The van der Waals surface area contributed by atoms with E-state index in [2.05, 4.69) is 25.9 Å². The Kier molecular flexibility index (Phi) is 6.81.